The number of hydrogen-bond acceptors (Lipinski definition) is 10. The van der Waals surface area contributed by atoms with Gasteiger partial charge in [0, 0.05) is 22.3 Å². The van der Waals surface area contributed by atoms with Crippen LogP contribution in [-0.2, 0) is 12.8 Å². The molecule has 0 aromatic heterocycles. The summed E-state index contributed by atoms with van der Waals surface area (Å²) < 4.78 is 41.3. The summed E-state index contributed by atoms with van der Waals surface area (Å²) in [6, 6.07) is 14.5. The highest BCUT2D eigenvalue weighted by Gasteiger charge is 2.46. The van der Waals surface area contributed by atoms with E-state index in [1.165, 1.54) is 5.57 Å². The van der Waals surface area contributed by atoms with E-state index < -0.39 is 24.0 Å². The SMILES string of the molecule is C=CCOc1ccc2c(c1CC=C(C)C)O[C@@H]1COc3cc(C)c(OC)cc3[C@@H]1C2=O.COc1cc2c(cc1C)OC[C@H]1Oc3c(ccc(O)c3CC=C(C)C)C(=O)[C@@H]21. The summed E-state index contributed by atoms with van der Waals surface area (Å²) in [5.74, 6) is 3.92. The molecule has 4 heterocycles. The quantitative estimate of drug-likeness (QED) is 0.164. The van der Waals surface area contributed by atoms with Crippen LogP contribution in [0.2, 0.25) is 0 Å². The van der Waals surface area contributed by atoms with Crippen LogP contribution >= 0.6 is 0 Å². The number of phenols is 1. The third-order valence-corrected chi connectivity index (χ3v) is 11.1. The van der Waals surface area contributed by atoms with E-state index in [-0.39, 0.29) is 23.9 Å². The van der Waals surface area contributed by atoms with Gasteiger partial charge in [0.25, 0.3) is 0 Å². The van der Waals surface area contributed by atoms with Crippen LogP contribution in [0.25, 0.3) is 0 Å². The van der Waals surface area contributed by atoms with Gasteiger partial charge in [-0.1, -0.05) is 36.0 Å². The van der Waals surface area contributed by atoms with Crippen molar-refractivity contribution in [3.05, 3.63) is 129 Å². The molecule has 59 heavy (non-hydrogen) atoms. The van der Waals surface area contributed by atoms with Gasteiger partial charge in [-0.3, -0.25) is 9.59 Å². The van der Waals surface area contributed by atoms with E-state index in [9.17, 15) is 14.7 Å². The second-order valence-corrected chi connectivity index (χ2v) is 15.8. The second-order valence-electron chi connectivity index (χ2n) is 15.8. The van der Waals surface area contributed by atoms with E-state index in [2.05, 4.69) is 12.7 Å². The number of methoxy groups -OCH3 is 2. The summed E-state index contributed by atoms with van der Waals surface area (Å²) in [4.78, 5) is 27.1. The number of ether oxygens (including phenoxy) is 7. The van der Waals surface area contributed by atoms with Gasteiger partial charge < -0.3 is 38.3 Å². The fourth-order valence-electron chi connectivity index (χ4n) is 8.10. The maximum Gasteiger partial charge on any atom is 0.178 e. The van der Waals surface area contributed by atoms with Crippen molar-refractivity contribution in [3.63, 3.8) is 0 Å². The lowest BCUT2D eigenvalue weighted by Crippen LogP contribution is -2.43. The van der Waals surface area contributed by atoms with Crippen molar-refractivity contribution in [1.29, 1.82) is 0 Å². The smallest absolute Gasteiger partial charge is 0.178 e. The number of rotatable bonds is 9. The van der Waals surface area contributed by atoms with Crippen LogP contribution < -0.4 is 33.2 Å². The molecule has 0 saturated carbocycles. The lowest BCUT2D eigenvalue weighted by Gasteiger charge is -2.38. The number of benzene rings is 4. The topological polar surface area (TPSA) is 119 Å². The number of allylic oxidation sites excluding steroid dienone is 4. The summed E-state index contributed by atoms with van der Waals surface area (Å²) in [7, 11) is 3.24. The first-order chi connectivity index (χ1) is 28.3. The van der Waals surface area contributed by atoms with Crippen LogP contribution in [0.5, 0.6) is 46.0 Å². The minimum atomic E-state index is -0.452. The minimum Gasteiger partial charge on any atom is -0.508 e. The van der Waals surface area contributed by atoms with Crippen LogP contribution in [-0.4, -0.2) is 62.9 Å². The standard InChI is InChI=1S/C26H28O5.C23H24O5/c1-6-11-29-20-10-9-18-25(27)24-19-13-21(28-5)16(4)12-22(19)30-14-23(24)31-26(18)17(20)8-7-15(2)3;1-12(2)5-6-14-17(24)8-7-15-22(25)21-16-10-18(26-4)13(3)9-19(16)27-11-20(21)28-23(14)15/h6-7,9-10,12-13,23-24H,1,8,11,14H2,2-5H3;5,7-10,20-21,24H,6,11H2,1-4H3/t23-,24+;20-,21+/m11/s1. The largest absolute Gasteiger partial charge is 0.508 e. The molecule has 10 heteroatoms. The number of aromatic hydroxyl groups is 1. The Morgan fingerprint density at radius 3 is 1.66 bits per heavy atom. The second kappa shape index (κ2) is 17.0. The Labute approximate surface area is 346 Å². The van der Waals surface area contributed by atoms with Crippen LogP contribution in [0.4, 0.5) is 0 Å². The molecule has 4 aromatic rings. The molecule has 0 amide bonds. The van der Waals surface area contributed by atoms with Crippen molar-refractivity contribution < 1.29 is 47.9 Å². The maximum absolute atomic E-state index is 13.7. The molecule has 10 nitrogen and oxygen atoms in total. The zero-order valence-electron chi connectivity index (χ0n) is 35.0. The van der Waals surface area contributed by atoms with Crippen LogP contribution in [0, 0.1) is 13.8 Å². The normalized spacial score (nSPS) is 19.0. The summed E-state index contributed by atoms with van der Waals surface area (Å²) in [5, 5.41) is 10.3. The molecule has 4 atom stereocenters. The predicted molar refractivity (Wildman–Crippen MR) is 226 cm³/mol. The van der Waals surface area contributed by atoms with Gasteiger partial charge >= 0.3 is 0 Å². The molecular weight excluding hydrogens is 749 g/mol. The molecule has 4 aromatic carbocycles. The van der Waals surface area contributed by atoms with Crippen molar-refractivity contribution >= 4 is 11.6 Å². The van der Waals surface area contributed by atoms with Crippen molar-refractivity contribution in [1.82, 2.24) is 0 Å². The molecule has 0 aliphatic carbocycles. The van der Waals surface area contributed by atoms with Gasteiger partial charge in [-0.05, 0) is 114 Å². The third-order valence-electron chi connectivity index (χ3n) is 11.1. The number of Topliss-reactive ketones (excluding diaryl/α,β-unsaturated/α-hetero) is 2. The Kier molecular flexibility index (Phi) is 11.8. The molecule has 0 bridgehead atoms. The van der Waals surface area contributed by atoms with Gasteiger partial charge in [0.2, 0.25) is 0 Å². The molecule has 1 N–H and O–H groups in total. The van der Waals surface area contributed by atoms with Crippen molar-refractivity contribution in [2.24, 2.45) is 0 Å². The van der Waals surface area contributed by atoms with Gasteiger partial charge in [0.15, 0.2) is 11.6 Å². The van der Waals surface area contributed by atoms with Gasteiger partial charge in [-0.15, -0.1) is 0 Å². The summed E-state index contributed by atoms with van der Waals surface area (Å²) in [6.45, 7) is 16.7. The van der Waals surface area contributed by atoms with E-state index in [1.54, 1.807) is 38.5 Å². The van der Waals surface area contributed by atoms with Gasteiger partial charge in [0.05, 0.1) is 37.2 Å². The predicted octanol–water partition coefficient (Wildman–Crippen LogP) is 9.53. The average molecular weight is 801 g/mol. The highest BCUT2D eigenvalue weighted by molar-refractivity contribution is 6.06. The van der Waals surface area contributed by atoms with Crippen molar-refractivity contribution in [3.8, 4) is 46.0 Å². The monoisotopic (exact) mass is 800 g/mol. The molecule has 0 radical (unpaired) electrons. The Bertz CT molecular complexity index is 2380. The molecule has 0 saturated heterocycles. The van der Waals surface area contributed by atoms with Crippen LogP contribution in [0.3, 0.4) is 0 Å². The van der Waals surface area contributed by atoms with E-state index in [0.29, 0.717) is 65.7 Å². The van der Waals surface area contributed by atoms with Gasteiger partial charge in [-0.25, -0.2) is 0 Å². The highest BCUT2D eigenvalue weighted by Crippen LogP contribution is 2.49. The van der Waals surface area contributed by atoms with E-state index in [1.807, 2.05) is 78.0 Å². The maximum atomic E-state index is 13.7. The van der Waals surface area contributed by atoms with Gasteiger partial charge in [0.1, 0.15) is 78.0 Å². The zero-order valence-corrected chi connectivity index (χ0v) is 35.0. The number of aryl methyl sites for hydroxylation is 2. The number of carbonyl (C=O) groups excluding carboxylic acids is 2. The minimum absolute atomic E-state index is 0.0137. The Hall–Kier alpha value is -6.16. The number of hydrogen-bond donors (Lipinski definition) is 1. The third kappa shape index (κ3) is 7.88. The molecule has 0 unspecified atom stereocenters. The number of fused-ring (bicyclic) bond motifs is 8. The number of carbonyl (C=O) groups is 2. The van der Waals surface area contributed by atoms with Gasteiger partial charge in [-0.2, -0.15) is 0 Å². The van der Waals surface area contributed by atoms with E-state index in [0.717, 1.165) is 50.6 Å². The van der Waals surface area contributed by atoms with E-state index in [4.69, 9.17) is 33.2 Å². The molecule has 4 aliphatic heterocycles. The first kappa shape index (κ1) is 41.0. The summed E-state index contributed by atoms with van der Waals surface area (Å²) in [6.07, 6.45) is 6.10. The van der Waals surface area contributed by atoms with Crippen molar-refractivity contribution in [2.45, 2.75) is 78.4 Å². The first-order valence-electron chi connectivity index (χ1n) is 19.9. The fourth-order valence-corrected chi connectivity index (χ4v) is 8.10. The van der Waals surface area contributed by atoms with Crippen molar-refractivity contribution in [2.75, 3.05) is 34.0 Å². The first-order valence-corrected chi connectivity index (χ1v) is 19.9. The highest BCUT2D eigenvalue weighted by atomic mass is 16.5. The van der Waals surface area contributed by atoms with Crippen LogP contribution in [0.1, 0.15) is 93.6 Å². The number of ketones is 2. The molecule has 4 aliphatic rings. The fraction of sp³-hybridized carbons (Fsp3) is 0.347. The molecule has 0 spiro atoms. The molecule has 308 valence electrons. The Morgan fingerprint density at radius 1 is 0.712 bits per heavy atom. The Morgan fingerprint density at radius 2 is 1.19 bits per heavy atom. The zero-order chi connectivity index (χ0) is 42.1. The lowest BCUT2D eigenvalue weighted by molar-refractivity contribution is 0.0548. The van der Waals surface area contributed by atoms with E-state index >= 15 is 0 Å². The molecular formula is C49H52O10. The molecule has 8 rings (SSSR count). The number of phenolic OH excluding ortho intramolecular Hbond substituents is 1. The molecule has 0 fully saturated rings. The summed E-state index contributed by atoms with van der Waals surface area (Å²) in [5.41, 5.74) is 8.44. The average Bonchev–Trinajstić information content (AvgIpc) is 3.21. The van der Waals surface area contributed by atoms with Crippen LogP contribution in [0.15, 0.2) is 84.5 Å². The Balaban J connectivity index is 0.000000180. The summed E-state index contributed by atoms with van der Waals surface area (Å²) >= 11 is 0. The lowest BCUT2D eigenvalue weighted by atomic mass is 9.81.